The molecule has 0 heterocycles. The Morgan fingerprint density at radius 2 is 2.09 bits per heavy atom. The van der Waals surface area contributed by atoms with E-state index in [2.05, 4.69) is 15.6 Å². The number of hydrogen-bond donors (Lipinski definition) is 2. The fourth-order valence-corrected chi connectivity index (χ4v) is 2.54. The number of nitrogens with zero attached hydrogens (tertiary/aromatic N) is 1. The summed E-state index contributed by atoms with van der Waals surface area (Å²) in [5.41, 5.74) is 0. The molecule has 0 saturated heterocycles. The van der Waals surface area contributed by atoms with Crippen molar-refractivity contribution < 1.29 is 9.13 Å². The highest BCUT2D eigenvalue weighted by Gasteiger charge is 2.01. The predicted octanol–water partition coefficient (Wildman–Crippen LogP) is 2.90. The van der Waals surface area contributed by atoms with Crippen molar-refractivity contribution in [2.45, 2.75) is 25.2 Å². The molecule has 0 bridgehead atoms. The van der Waals surface area contributed by atoms with Crippen molar-refractivity contribution in [3.8, 4) is 0 Å². The van der Waals surface area contributed by atoms with Gasteiger partial charge in [0, 0.05) is 43.5 Å². The van der Waals surface area contributed by atoms with E-state index in [-0.39, 0.29) is 5.82 Å². The zero-order chi connectivity index (χ0) is 16.0. The van der Waals surface area contributed by atoms with Crippen molar-refractivity contribution in [2.24, 2.45) is 4.99 Å². The molecule has 1 aromatic carbocycles. The van der Waals surface area contributed by atoms with Crippen molar-refractivity contribution in [1.29, 1.82) is 0 Å². The minimum absolute atomic E-state index is 0.163. The molecular weight excluding hydrogens is 301 g/mol. The van der Waals surface area contributed by atoms with Gasteiger partial charge in [0.1, 0.15) is 5.82 Å². The van der Waals surface area contributed by atoms with Gasteiger partial charge in [-0.25, -0.2) is 4.39 Å². The summed E-state index contributed by atoms with van der Waals surface area (Å²) in [6, 6.07) is 6.84. The number of rotatable bonds is 10. The van der Waals surface area contributed by atoms with E-state index in [0.717, 1.165) is 51.0 Å². The Morgan fingerprint density at radius 3 is 2.82 bits per heavy atom. The fraction of sp³-hybridized carbons (Fsp3) is 0.562. The number of aliphatic imine (C=N–C) groups is 1. The van der Waals surface area contributed by atoms with E-state index >= 15 is 0 Å². The van der Waals surface area contributed by atoms with Gasteiger partial charge >= 0.3 is 0 Å². The van der Waals surface area contributed by atoms with Gasteiger partial charge in [0.15, 0.2) is 5.96 Å². The molecule has 0 fully saturated rings. The number of benzene rings is 1. The molecule has 0 unspecified atom stereocenters. The first-order valence-electron chi connectivity index (χ1n) is 7.75. The van der Waals surface area contributed by atoms with Crippen LogP contribution in [0.25, 0.3) is 0 Å². The second-order valence-corrected chi connectivity index (χ2v) is 5.65. The molecule has 2 N–H and O–H groups in total. The van der Waals surface area contributed by atoms with Gasteiger partial charge in [-0.05, 0) is 32.4 Å². The second kappa shape index (κ2) is 12.3. The fourth-order valence-electron chi connectivity index (χ4n) is 1.74. The number of halogens is 1. The minimum atomic E-state index is -0.163. The maximum atomic E-state index is 13.5. The van der Waals surface area contributed by atoms with Crippen LogP contribution in [0.5, 0.6) is 0 Å². The first-order valence-corrected chi connectivity index (χ1v) is 8.73. The van der Waals surface area contributed by atoms with Crippen LogP contribution in [0.2, 0.25) is 0 Å². The van der Waals surface area contributed by atoms with E-state index in [9.17, 15) is 4.39 Å². The Labute approximate surface area is 136 Å². The summed E-state index contributed by atoms with van der Waals surface area (Å²) >= 11 is 1.50. The summed E-state index contributed by atoms with van der Waals surface area (Å²) in [6.45, 7) is 7.79. The van der Waals surface area contributed by atoms with E-state index in [4.69, 9.17) is 4.74 Å². The van der Waals surface area contributed by atoms with Crippen molar-refractivity contribution in [1.82, 2.24) is 10.6 Å². The first kappa shape index (κ1) is 18.8. The van der Waals surface area contributed by atoms with E-state index < -0.39 is 0 Å². The van der Waals surface area contributed by atoms with Gasteiger partial charge in [0.2, 0.25) is 0 Å². The van der Waals surface area contributed by atoms with E-state index in [1.54, 1.807) is 12.1 Å². The average Bonchev–Trinajstić information content (AvgIpc) is 2.52. The average molecular weight is 327 g/mol. The smallest absolute Gasteiger partial charge is 0.191 e. The molecule has 6 heteroatoms. The molecule has 0 radical (unpaired) electrons. The quantitative estimate of drug-likeness (QED) is 0.300. The Hall–Kier alpha value is -1.27. The maximum absolute atomic E-state index is 13.5. The Balaban J connectivity index is 2.25. The third-order valence-electron chi connectivity index (χ3n) is 2.75. The van der Waals surface area contributed by atoms with Gasteiger partial charge in [-0.15, -0.1) is 11.8 Å². The number of ether oxygens (including phenoxy) is 1. The van der Waals surface area contributed by atoms with Crippen LogP contribution in [0.1, 0.15) is 20.3 Å². The van der Waals surface area contributed by atoms with Crippen LogP contribution >= 0.6 is 11.8 Å². The van der Waals surface area contributed by atoms with Crippen LogP contribution in [-0.4, -0.2) is 44.6 Å². The van der Waals surface area contributed by atoms with E-state index in [1.165, 1.54) is 17.8 Å². The zero-order valence-corrected chi connectivity index (χ0v) is 14.2. The number of nitrogens with one attached hydrogen (secondary N) is 2. The van der Waals surface area contributed by atoms with Gasteiger partial charge in [-0.3, -0.25) is 4.99 Å². The van der Waals surface area contributed by atoms with Crippen LogP contribution in [-0.2, 0) is 4.74 Å². The van der Waals surface area contributed by atoms with Crippen LogP contribution < -0.4 is 10.6 Å². The monoisotopic (exact) mass is 327 g/mol. The Kier molecular flexibility index (Phi) is 10.5. The van der Waals surface area contributed by atoms with Gasteiger partial charge < -0.3 is 15.4 Å². The summed E-state index contributed by atoms with van der Waals surface area (Å²) in [4.78, 5) is 5.16. The number of hydrogen-bond acceptors (Lipinski definition) is 3. The Bertz CT molecular complexity index is 443. The molecule has 0 aliphatic rings. The molecule has 0 saturated carbocycles. The van der Waals surface area contributed by atoms with Crippen molar-refractivity contribution in [2.75, 3.05) is 38.6 Å². The SMILES string of the molecule is CCNC(=NCCCOCC)NCCSc1ccccc1F. The van der Waals surface area contributed by atoms with Gasteiger partial charge in [0.05, 0.1) is 0 Å². The minimum Gasteiger partial charge on any atom is -0.382 e. The summed E-state index contributed by atoms with van der Waals surface area (Å²) in [6.07, 6.45) is 0.911. The molecule has 0 aromatic heterocycles. The van der Waals surface area contributed by atoms with Crippen molar-refractivity contribution in [3.63, 3.8) is 0 Å². The number of guanidine groups is 1. The zero-order valence-electron chi connectivity index (χ0n) is 13.4. The highest BCUT2D eigenvalue weighted by atomic mass is 32.2. The van der Waals surface area contributed by atoms with E-state index in [1.807, 2.05) is 19.9 Å². The molecule has 0 atom stereocenters. The molecule has 22 heavy (non-hydrogen) atoms. The predicted molar refractivity (Wildman–Crippen MR) is 92.2 cm³/mol. The van der Waals surface area contributed by atoms with Crippen LogP contribution in [0.3, 0.4) is 0 Å². The summed E-state index contributed by atoms with van der Waals surface area (Å²) in [5, 5.41) is 6.45. The molecule has 1 rings (SSSR count). The molecule has 4 nitrogen and oxygen atoms in total. The third kappa shape index (κ3) is 8.24. The third-order valence-corrected chi connectivity index (χ3v) is 3.80. The topological polar surface area (TPSA) is 45.7 Å². The summed E-state index contributed by atoms with van der Waals surface area (Å²) < 4.78 is 18.8. The summed E-state index contributed by atoms with van der Waals surface area (Å²) in [5.74, 6) is 1.42. The van der Waals surface area contributed by atoms with Crippen LogP contribution in [0, 0.1) is 5.82 Å². The van der Waals surface area contributed by atoms with Crippen molar-refractivity contribution >= 4 is 17.7 Å². The lowest BCUT2D eigenvalue weighted by Gasteiger charge is -2.11. The highest BCUT2D eigenvalue weighted by Crippen LogP contribution is 2.20. The standard InChI is InChI=1S/C16H26FN3OS/c1-3-18-16(19-10-7-12-21-4-2)20-11-13-22-15-9-6-5-8-14(15)17/h5-6,8-9H,3-4,7,10-13H2,1-2H3,(H2,18,19,20). The lowest BCUT2D eigenvalue weighted by Crippen LogP contribution is -2.38. The second-order valence-electron chi connectivity index (χ2n) is 4.52. The lowest BCUT2D eigenvalue weighted by atomic mass is 10.3. The molecule has 0 aliphatic carbocycles. The summed E-state index contributed by atoms with van der Waals surface area (Å²) in [7, 11) is 0. The molecule has 0 aliphatic heterocycles. The number of thioether (sulfide) groups is 1. The lowest BCUT2D eigenvalue weighted by molar-refractivity contribution is 0.146. The molecule has 0 spiro atoms. The van der Waals surface area contributed by atoms with Gasteiger partial charge in [-0.2, -0.15) is 0 Å². The highest BCUT2D eigenvalue weighted by molar-refractivity contribution is 7.99. The molecule has 0 amide bonds. The van der Waals surface area contributed by atoms with Gasteiger partial charge in [0.25, 0.3) is 0 Å². The molecular formula is C16H26FN3OS. The van der Waals surface area contributed by atoms with Crippen LogP contribution in [0.4, 0.5) is 4.39 Å². The normalized spacial score (nSPS) is 11.5. The molecule has 124 valence electrons. The maximum Gasteiger partial charge on any atom is 0.191 e. The first-order chi connectivity index (χ1) is 10.8. The van der Waals surface area contributed by atoms with Crippen molar-refractivity contribution in [3.05, 3.63) is 30.1 Å². The molecule has 1 aromatic rings. The largest absolute Gasteiger partial charge is 0.382 e. The van der Waals surface area contributed by atoms with Crippen LogP contribution in [0.15, 0.2) is 34.2 Å². The van der Waals surface area contributed by atoms with Gasteiger partial charge in [-0.1, -0.05) is 12.1 Å². The van der Waals surface area contributed by atoms with E-state index in [0.29, 0.717) is 4.90 Å². The Morgan fingerprint density at radius 1 is 1.27 bits per heavy atom.